The molecule has 1 aromatic carbocycles. The molecular formula is C20H24Cl2N2O2. The van der Waals surface area contributed by atoms with Gasteiger partial charge in [-0.25, -0.2) is 4.79 Å². The number of pyridine rings is 1. The van der Waals surface area contributed by atoms with Crippen molar-refractivity contribution in [3.63, 3.8) is 0 Å². The summed E-state index contributed by atoms with van der Waals surface area (Å²) < 4.78 is 5.47. The van der Waals surface area contributed by atoms with Crippen LogP contribution in [0.4, 0.5) is 10.5 Å². The average Bonchev–Trinajstić information content (AvgIpc) is 2.64. The summed E-state index contributed by atoms with van der Waals surface area (Å²) in [5.74, 6) is 0. The fraction of sp³-hybridized carbons (Fsp3) is 0.400. The van der Waals surface area contributed by atoms with E-state index in [4.69, 9.17) is 27.9 Å². The van der Waals surface area contributed by atoms with Crippen molar-refractivity contribution in [3.05, 3.63) is 58.3 Å². The fourth-order valence-electron chi connectivity index (χ4n) is 2.57. The van der Waals surface area contributed by atoms with Crippen LogP contribution in [0.3, 0.4) is 0 Å². The van der Waals surface area contributed by atoms with Crippen molar-refractivity contribution in [1.29, 1.82) is 0 Å². The second-order valence-corrected chi connectivity index (χ2v) is 6.92. The Morgan fingerprint density at radius 3 is 2.65 bits per heavy atom. The van der Waals surface area contributed by atoms with Crippen LogP contribution >= 0.6 is 23.2 Å². The molecule has 0 saturated heterocycles. The lowest BCUT2D eigenvalue weighted by Gasteiger charge is -2.23. The van der Waals surface area contributed by atoms with Gasteiger partial charge in [0.15, 0.2) is 0 Å². The van der Waals surface area contributed by atoms with Gasteiger partial charge in [0.1, 0.15) is 0 Å². The van der Waals surface area contributed by atoms with Crippen molar-refractivity contribution in [2.24, 2.45) is 0 Å². The number of rotatable bonds is 9. The summed E-state index contributed by atoms with van der Waals surface area (Å²) in [6.45, 7) is 2.90. The number of carbonyl (C=O) groups excluding carboxylic acids is 1. The van der Waals surface area contributed by atoms with Gasteiger partial charge in [0.05, 0.1) is 23.9 Å². The molecule has 0 radical (unpaired) electrons. The number of unbranched alkanes of at least 4 members (excludes halogenated alkanes) is 4. The number of benzene rings is 1. The zero-order valence-corrected chi connectivity index (χ0v) is 16.5. The molecule has 1 amide bonds. The van der Waals surface area contributed by atoms with E-state index in [-0.39, 0.29) is 0 Å². The van der Waals surface area contributed by atoms with Crippen LogP contribution in [0.1, 0.15) is 44.6 Å². The van der Waals surface area contributed by atoms with Crippen LogP contribution < -0.4 is 4.90 Å². The molecule has 0 bridgehead atoms. The van der Waals surface area contributed by atoms with Crippen molar-refractivity contribution in [3.8, 4) is 0 Å². The maximum atomic E-state index is 12.7. The average molecular weight is 395 g/mol. The van der Waals surface area contributed by atoms with Gasteiger partial charge in [-0.2, -0.15) is 0 Å². The Morgan fingerprint density at radius 2 is 1.96 bits per heavy atom. The number of aromatic nitrogens is 1. The lowest BCUT2D eigenvalue weighted by molar-refractivity contribution is 0.150. The van der Waals surface area contributed by atoms with Crippen LogP contribution in [0.5, 0.6) is 0 Å². The molecule has 0 fully saturated rings. The van der Waals surface area contributed by atoms with Crippen LogP contribution in [0.15, 0.2) is 42.7 Å². The molecule has 0 atom stereocenters. The van der Waals surface area contributed by atoms with Gasteiger partial charge in [0.2, 0.25) is 0 Å². The minimum atomic E-state index is -0.423. The highest BCUT2D eigenvalue weighted by Gasteiger charge is 2.20. The van der Waals surface area contributed by atoms with Gasteiger partial charge in [-0.1, -0.05) is 61.9 Å². The first kappa shape index (κ1) is 20.5. The third-order valence-corrected chi connectivity index (χ3v) is 4.50. The number of ether oxygens (including phenoxy) is 1. The molecular weight excluding hydrogens is 371 g/mol. The number of carbonyl (C=O) groups is 1. The monoisotopic (exact) mass is 394 g/mol. The zero-order chi connectivity index (χ0) is 18.8. The van der Waals surface area contributed by atoms with Gasteiger partial charge in [-0.15, -0.1) is 0 Å². The third-order valence-electron chi connectivity index (χ3n) is 3.96. The molecule has 6 heteroatoms. The molecule has 2 rings (SSSR count). The minimum Gasteiger partial charge on any atom is -0.449 e. The van der Waals surface area contributed by atoms with Crippen molar-refractivity contribution in [2.45, 2.75) is 45.6 Å². The molecule has 0 unspecified atom stereocenters. The fourth-order valence-corrected chi connectivity index (χ4v) is 3.08. The molecule has 0 spiro atoms. The lowest BCUT2D eigenvalue weighted by Crippen LogP contribution is -2.31. The van der Waals surface area contributed by atoms with E-state index in [1.54, 1.807) is 30.6 Å². The molecule has 0 aliphatic heterocycles. The Bertz CT molecular complexity index is 695. The van der Waals surface area contributed by atoms with Gasteiger partial charge in [0.25, 0.3) is 0 Å². The standard InChI is InChI=1S/C20H24Cl2N2O2/c1-2-3-4-5-6-12-26-20(25)24(15-16-8-7-11-23-14-16)19-10-9-17(21)13-18(19)22/h7-11,13-14H,2-6,12,15H2,1H3. The van der Waals surface area contributed by atoms with E-state index in [9.17, 15) is 4.79 Å². The smallest absolute Gasteiger partial charge is 0.414 e. The summed E-state index contributed by atoms with van der Waals surface area (Å²) in [5, 5.41) is 0.922. The highest BCUT2D eigenvalue weighted by molar-refractivity contribution is 6.36. The minimum absolute atomic E-state index is 0.323. The number of nitrogens with zero attached hydrogens (tertiary/aromatic N) is 2. The first-order chi connectivity index (χ1) is 12.6. The van der Waals surface area contributed by atoms with E-state index in [0.29, 0.717) is 28.9 Å². The quantitative estimate of drug-likeness (QED) is 0.455. The van der Waals surface area contributed by atoms with Crippen molar-refractivity contribution in [2.75, 3.05) is 11.5 Å². The van der Waals surface area contributed by atoms with Crippen LogP contribution in [0.2, 0.25) is 10.0 Å². The first-order valence-electron chi connectivity index (χ1n) is 8.90. The largest absolute Gasteiger partial charge is 0.449 e. The van der Waals surface area contributed by atoms with Gasteiger partial charge in [-0.05, 0) is 36.2 Å². The van der Waals surface area contributed by atoms with Gasteiger partial charge in [-0.3, -0.25) is 9.88 Å². The van der Waals surface area contributed by atoms with Crippen LogP contribution in [0.25, 0.3) is 0 Å². The number of hydrogen-bond acceptors (Lipinski definition) is 3. The first-order valence-corrected chi connectivity index (χ1v) is 9.65. The lowest BCUT2D eigenvalue weighted by atomic mass is 10.2. The van der Waals surface area contributed by atoms with E-state index in [0.717, 1.165) is 24.8 Å². The SMILES string of the molecule is CCCCCCCOC(=O)N(Cc1cccnc1)c1ccc(Cl)cc1Cl. The summed E-state index contributed by atoms with van der Waals surface area (Å²) >= 11 is 12.3. The van der Waals surface area contributed by atoms with Gasteiger partial charge >= 0.3 is 6.09 Å². The molecule has 0 N–H and O–H groups in total. The summed E-state index contributed by atoms with van der Waals surface area (Å²) in [6, 6.07) is 8.78. The topological polar surface area (TPSA) is 42.4 Å². The van der Waals surface area contributed by atoms with E-state index in [1.165, 1.54) is 17.7 Å². The van der Waals surface area contributed by atoms with Crippen LogP contribution in [-0.4, -0.2) is 17.7 Å². The van der Waals surface area contributed by atoms with Gasteiger partial charge in [0, 0.05) is 17.4 Å². The van der Waals surface area contributed by atoms with E-state index in [1.807, 2.05) is 12.1 Å². The highest BCUT2D eigenvalue weighted by Crippen LogP contribution is 2.30. The Labute approximate surface area is 165 Å². The number of anilines is 1. The normalized spacial score (nSPS) is 10.6. The highest BCUT2D eigenvalue weighted by atomic mass is 35.5. The second-order valence-electron chi connectivity index (χ2n) is 6.07. The maximum absolute atomic E-state index is 12.7. The Balaban J connectivity index is 2.06. The van der Waals surface area contributed by atoms with Crippen LogP contribution in [-0.2, 0) is 11.3 Å². The van der Waals surface area contributed by atoms with Crippen molar-refractivity contribution < 1.29 is 9.53 Å². The van der Waals surface area contributed by atoms with Crippen molar-refractivity contribution in [1.82, 2.24) is 4.98 Å². The molecule has 0 aliphatic rings. The molecule has 0 aliphatic carbocycles. The molecule has 140 valence electrons. The molecule has 0 saturated carbocycles. The number of halogens is 2. The zero-order valence-electron chi connectivity index (χ0n) is 15.0. The Morgan fingerprint density at radius 1 is 1.15 bits per heavy atom. The van der Waals surface area contributed by atoms with E-state index in [2.05, 4.69) is 11.9 Å². The third kappa shape index (κ3) is 6.50. The summed E-state index contributed by atoms with van der Waals surface area (Å²) in [5.41, 5.74) is 1.45. The molecule has 1 heterocycles. The Kier molecular flexibility index (Phi) is 8.72. The Hall–Kier alpha value is -1.78. The molecule has 2 aromatic rings. The van der Waals surface area contributed by atoms with Crippen LogP contribution in [0, 0.1) is 0 Å². The van der Waals surface area contributed by atoms with Crippen molar-refractivity contribution >= 4 is 35.0 Å². The second kappa shape index (κ2) is 11.0. The predicted molar refractivity (Wildman–Crippen MR) is 107 cm³/mol. The summed E-state index contributed by atoms with van der Waals surface area (Å²) in [6.07, 6.45) is 8.47. The predicted octanol–water partition coefficient (Wildman–Crippen LogP) is 6.50. The molecule has 1 aromatic heterocycles. The summed E-state index contributed by atoms with van der Waals surface area (Å²) in [7, 11) is 0. The van der Waals surface area contributed by atoms with E-state index < -0.39 is 6.09 Å². The van der Waals surface area contributed by atoms with E-state index >= 15 is 0 Å². The van der Waals surface area contributed by atoms with Gasteiger partial charge < -0.3 is 4.74 Å². The summed E-state index contributed by atoms with van der Waals surface area (Å²) in [4.78, 5) is 18.3. The molecule has 4 nitrogen and oxygen atoms in total. The number of amides is 1. The maximum Gasteiger partial charge on any atom is 0.414 e. The molecule has 26 heavy (non-hydrogen) atoms. The number of hydrogen-bond donors (Lipinski definition) is 0.